The van der Waals surface area contributed by atoms with Gasteiger partial charge in [0.05, 0.1) is 26.4 Å². The minimum absolute atomic E-state index is 0.105. The smallest absolute Gasteiger partial charge is 0.462 e. The van der Waals surface area contributed by atoms with Crippen LogP contribution < -0.4 is 0 Å². The van der Waals surface area contributed by atoms with Gasteiger partial charge in [-0.1, -0.05) is 376 Å². The van der Waals surface area contributed by atoms with E-state index in [0.29, 0.717) is 31.6 Å². The zero-order chi connectivity index (χ0) is 75.3. The van der Waals surface area contributed by atoms with Crippen molar-refractivity contribution in [1.29, 1.82) is 0 Å². The molecule has 0 rings (SSSR count). The number of hydrogen-bond donors (Lipinski definition) is 3. The highest BCUT2D eigenvalue weighted by Gasteiger charge is 2.30. The first-order valence-electron chi connectivity index (χ1n) is 42.7. The molecule has 0 heterocycles. The summed E-state index contributed by atoms with van der Waals surface area (Å²) in [5, 5.41) is 10.6. The topological polar surface area (TPSA) is 237 Å². The van der Waals surface area contributed by atoms with Gasteiger partial charge in [0.25, 0.3) is 0 Å². The van der Waals surface area contributed by atoms with Crippen molar-refractivity contribution in [1.82, 2.24) is 0 Å². The third-order valence-corrected chi connectivity index (χ3v) is 21.6. The second kappa shape index (κ2) is 72.0. The largest absolute Gasteiger partial charge is 0.472 e. The zero-order valence-corrected chi connectivity index (χ0v) is 69.0. The maximum atomic E-state index is 13.1. The lowest BCUT2D eigenvalue weighted by Gasteiger charge is -2.21. The molecule has 0 bridgehead atoms. The molecular formula is C83H162O17P2. The van der Waals surface area contributed by atoms with E-state index in [2.05, 4.69) is 55.4 Å². The molecule has 3 N–H and O–H groups in total. The summed E-state index contributed by atoms with van der Waals surface area (Å²) in [7, 11) is -9.92. The summed E-state index contributed by atoms with van der Waals surface area (Å²) in [6, 6.07) is 0. The summed E-state index contributed by atoms with van der Waals surface area (Å²) in [6.07, 6.45) is 59.8. The second-order valence-corrected chi connectivity index (χ2v) is 34.4. The number of carbonyl (C=O) groups excluding carboxylic acids is 4. The molecule has 19 heteroatoms. The summed E-state index contributed by atoms with van der Waals surface area (Å²) in [5.41, 5.74) is 0. The predicted molar refractivity (Wildman–Crippen MR) is 418 cm³/mol. The monoisotopic (exact) mass is 1490 g/mol. The van der Waals surface area contributed by atoms with E-state index in [1.807, 2.05) is 0 Å². The SMILES string of the molecule is CCC(C)CCCCCCCCCCCCCCCCCCCCC(=O)O[C@H](COC(=O)CCCCCCCCCCCCCCCCC(C)C)COP(=O)(O)OCC(O)COP(=O)(O)OC[C@@H](COC(=O)CCCCCCCCCC(C)C)OC(=O)CCCCCCCCCCCCC(C)C. The molecule has 0 saturated heterocycles. The van der Waals surface area contributed by atoms with Gasteiger partial charge >= 0.3 is 39.5 Å². The zero-order valence-electron chi connectivity index (χ0n) is 67.2. The Kier molecular flexibility index (Phi) is 70.6. The highest BCUT2D eigenvalue weighted by Crippen LogP contribution is 2.45. The van der Waals surface area contributed by atoms with Crippen molar-refractivity contribution in [2.75, 3.05) is 39.6 Å². The van der Waals surface area contributed by atoms with Crippen molar-refractivity contribution in [2.45, 2.75) is 446 Å². The first-order chi connectivity index (χ1) is 49.1. The third-order valence-electron chi connectivity index (χ3n) is 19.7. The molecular weight excluding hydrogens is 1330 g/mol. The average molecular weight is 1490 g/mol. The molecule has 0 radical (unpaired) electrons. The van der Waals surface area contributed by atoms with E-state index in [1.165, 1.54) is 225 Å². The fourth-order valence-corrected chi connectivity index (χ4v) is 14.3. The number of phosphoric acid groups is 2. The maximum Gasteiger partial charge on any atom is 0.472 e. The van der Waals surface area contributed by atoms with Gasteiger partial charge in [0, 0.05) is 25.7 Å². The van der Waals surface area contributed by atoms with Crippen molar-refractivity contribution in [3.05, 3.63) is 0 Å². The number of unbranched alkanes of at least 4 members (excludes halogenated alkanes) is 45. The van der Waals surface area contributed by atoms with Crippen LogP contribution in [0.2, 0.25) is 0 Å². The van der Waals surface area contributed by atoms with Gasteiger partial charge < -0.3 is 33.8 Å². The summed E-state index contributed by atoms with van der Waals surface area (Å²) in [6.45, 7) is 14.3. The average Bonchev–Trinajstić information content (AvgIpc) is 1.03. The summed E-state index contributed by atoms with van der Waals surface area (Å²) < 4.78 is 68.7. The molecule has 0 fully saturated rings. The predicted octanol–water partition coefficient (Wildman–Crippen LogP) is 24.8. The lowest BCUT2D eigenvalue weighted by molar-refractivity contribution is -0.161. The van der Waals surface area contributed by atoms with E-state index in [-0.39, 0.29) is 25.7 Å². The molecule has 0 amide bonds. The number of hydrogen-bond acceptors (Lipinski definition) is 15. The van der Waals surface area contributed by atoms with Gasteiger partial charge in [0.15, 0.2) is 12.2 Å². The van der Waals surface area contributed by atoms with Crippen LogP contribution in [0.25, 0.3) is 0 Å². The summed E-state index contributed by atoms with van der Waals surface area (Å²) in [5.74, 6) is 1.01. The molecule has 0 aromatic rings. The van der Waals surface area contributed by atoms with Gasteiger partial charge in [-0.15, -0.1) is 0 Å². The molecule has 4 unspecified atom stereocenters. The fraction of sp³-hybridized carbons (Fsp3) is 0.952. The fourth-order valence-electron chi connectivity index (χ4n) is 12.8. The molecule has 102 heavy (non-hydrogen) atoms. The highest BCUT2D eigenvalue weighted by atomic mass is 31.2. The maximum absolute atomic E-state index is 13.1. The van der Waals surface area contributed by atoms with Gasteiger partial charge in [-0.3, -0.25) is 37.3 Å². The van der Waals surface area contributed by atoms with Gasteiger partial charge in [-0.05, 0) is 49.4 Å². The number of phosphoric ester groups is 2. The van der Waals surface area contributed by atoms with Crippen molar-refractivity contribution < 1.29 is 80.2 Å². The Morgan fingerprint density at radius 1 is 0.275 bits per heavy atom. The van der Waals surface area contributed by atoms with Crippen LogP contribution in [0, 0.1) is 23.7 Å². The summed E-state index contributed by atoms with van der Waals surface area (Å²) >= 11 is 0. The van der Waals surface area contributed by atoms with Crippen molar-refractivity contribution in [3.8, 4) is 0 Å². The molecule has 0 aromatic heterocycles. The van der Waals surface area contributed by atoms with Crippen LogP contribution in [0.5, 0.6) is 0 Å². The number of aliphatic hydroxyl groups excluding tert-OH is 1. The van der Waals surface area contributed by atoms with Crippen LogP contribution in [-0.2, 0) is 65.4 Å². The summed E-state index contributed by atoms with van der Waals surface area (Å²) in [4.78, 5) is 73.1. The minimum Gasteiger partial charge on any atom is -0.462 e. The normalized spacial score (nSPS) is 14.3. The Labute approximate surface area is 626 Å². The van der Waals surface area contributed by atoms with E-state index in [1.54, 1.807) is 0 Å². The molecule has 0 aliphatic rings. The lowest BCUT2D eigenvalue weighted by Crippen LogP contribution is -2.30. The van der Waals surface area contributed by atoms with Gasteiger partial charge in [-0.25, -0.2) is 9.13 Å². The molecule has 0 saturated carbocycles. The minimum atomic E-state index is -4.96. The van der Waals surface area contributed by atoms with E-state index in [9.17, 15) is 43.2 Å². The van der Waals surface area contributed by atoms with Crippen LogP contribution in [0.3, 0.4) is 0 Å². The van der Waals surface area contributed by atoms with Crippen LogP contribution >= 0.6 is 15.6 Å². The van der Waals surface area contributed by atoms with E-state index in [4.69, 9.17) is 37.0 Å². The Bertz CT molecular complexity index is 1990. The number of esters is 4. The van der Waals surface area contributed by atoms with E-state index in [0.717, 1.165) is 114 Å². The van der Waals surface area contributed by atoms with Crippen molar-refractivity contribution >= 4 is 39.5 Å². The van der Waals surface area contributed by atoms with Crippen LogP contribution in [-0.4, -0.2) is 96.7 Å². The van der Waals surface area contributed by atoms with Gasteiger partial charge in [-0.2, -0.15) is 0 Å². The Morgan fingerprint density at radius 3 is 0.696 bits per heavy atom. The van der Waals surface area contributed by atoms with Crippen LogP contribution in [0.1, 0.15) is 428 Å². The lowest BCUT2D eigenvalue weighted by atomic mass is 9.99. The van der Waals surface area contributed by atoms with Crippen LogP contribution in [0.15, 0.2) is 0 Å². The molecule has 17 nitrogen and oxygen atoms in total. The Hall–Kier alpha value is -1.94. The van der Waals surface area contributed by atoms with Gasteiger partial charge in [0.2, 0.25) is 0 Å². The first kappa shape index (κ1) is 100. The van der Waals surface area contributed by atoms with Crippen LogP contribution in [0.4, 0.5) is 0 Å². The number of ether oxygens (including phenoxy) is 4. The molecule has 0 aromatic carbocycles. The molecule has 0 spiro atoms. The number of aliphatic hydroxyl groups is 1. The second-order valence-electron chi connectivity index (χ2n) is 31.5. The van der Waals surface area contributed by atoms with E-state index < -0.39 is 97.5 Å². The van der Waals surface area contributed by atoms with E-state index >= 15 is 0 Å². The quantitative estimate of drug-likeness (QED) is 0.0222. The third kappa shape index (κ3) is 74.9. The van der Waals surface area contributed by atoms with Gasteiger partial charge in [0.1, 0.15) is 19.3 Å². The molecule has 0 aliphatic carbocycles. The highest BCUT2D eigenvalue weighted by molar-refractivity contribution is 7.47. The first-order valence-corrected chi connectivity index (χ1v) is 45.7. The standard InChI is InChI=1S/C83H162O17P2/c1-9-76(8)62-54-46-38-30-23-19-14-12-10-11-13-15-21-25-32-40-49-57-65-82(87)99-78(69-93-80(85)63-55-47-39-31-24-20-17-16-18-22-28-35-43-51-59-73(2)3)71-97-101(89,90)95-67-77(84)68-96-102(91,92)98-72-79(70-94-81(86)64-56-48-42-34-37-45-53-61-75(6)7)100-83(88)66-58-50-41-33-27-26-29-36-44-52-60-74(4)5/h73-79,84H,9-72H2,1-8H3,(H,89,90)(H,91,92)/t76?,77?,78-,79-/m1/s1. The Morgan fingerprint density at radius 2 is 0.471 bits per heavy atom. The molecule has 6 atom stereocenters. The molecule has 0 aliphatic heterocycles. The number of rotatable bonds is 80. The van der Waals surface area contributed by atoms with Crippen molar-refractivity contribution in [3.63, 3.8) is 0 Å². The molecule has 606 valence electrons. The number of carbonyl (C=O) groups is 4. The Balaban J connectivity index is 5.22. The van der Waals surface area contributed by atoms with Crippen molar-refractivity contribution in [2.24, 2.45) is 23.7 Å².